The van der Waals surface area contributed by atoms with Crippen molar-refractivity contribution in [3.63, 3.8) is 0 Å². The molecule has 0 bridgehead atoms. The van der Waals surface area contributed by atoms with Crippen LogP contribution in [0.3, 0.4) is 0 Å². The van der Waals surface area contributed by atoms with Crippen LogP contribution in [0.4, 0.5) is 0 Å². The van der Waals surface area contributed by atoms with E-state index in [9.17, 15) is 5.11 Å². The first-order valence-electron chi connectivity index (χ1n) is 7.24. The van der Waals surface area contributed by atoms with E-state index in [0.29, 0.717) is 26.3 Å². The molecule has 2 rings (SSSR count). The summed E-state index contributed by atoms with van der Waals surface area (Å²) in [5.41, 5.74) is 0.485. The quantitative estimate of drug-likeness (QED) is 0.777. The molecule has 2 heterocycles. The number of nitrogens with one attached hydrogen (secondary N) is 1. The van der Waals surface area contributed by atoms with Crippen LogP contribution in [0.2, 0.25) is 0 Å². The van der Waals surface area contributed by atoms with Crippen molar-refractivity contribution in [2.75, 3.05) is 46.4 Å². The lowest BCUT2D eigenvalue weighted by Gasteiger charge is -2.30. The van der Waals surface area contributed by atoms with E-state index in [0.717, 1.165) is 25.9 Å². The molecule has 2 N–H and O–H groups in total. The highest BCUT2D eigenvalue weighted by Gasteiger charge is 2.30. The third kappa shape index (κ3) is 7.26. The number of β-amino-alcohol motifs (C(OH)–C–C–N with tert-alkyl or cyclic N) is 1. The van der Waals surface area contributed by atoms with Crippen molar-refractivity contribution >= 4 is 24.8 Å². The molecule has 1 aromatic heterocycles. The fourth-order valence-electron chi connectivity index (χ4n) is 2.62. The summed E-state index contributed by atoms with van der Waals surface area (Å²) in [4.78, 5) is 2.17. The number of hydrogen-bond acceptors (Lipinski definition) is 5. The second-order valence-electron chi connectivity index (χ2n) is 5.82. The molecule has 6 nitrogen and oxygen atoms in total. The zero-order valence-electron chi connectivity index (χ0n) is 13.3. The molecule has 1 atom stereocenters. The van der Waals surface area contributed by atoms with Gasteiger partial charge in [0.15, 0.2) is 0 Å². The van der Waals surface area contributed by atoms with Crippen LogP contribution < -0.4 is 5.32 Å². The molecule has 1 unspecified atom stereocenters. The first-order chi connectivity index (χ1) is 9.57. The Labute approximate surface area is 145 Å². The Morgan fingerprint density at radius 2 is 2.27 bits per heavy atom. The number of aryl methyl sites for hydroxylation is 2. The molecule has 1 aliphatic rings. The van der Waals surface area contributed by atoms with E-state index in [2.05, 4.69) is 21.5 Å². The number of rotatable bonds is 6. The standard InChI is InChI=1S/C14H26N4O2.2ClH/c1-17(6-3-4-13-8-16-18(2)9-13)11-14(19)10-15-5-7-20-12-14;;/h8-9,15,19H,3-7,10-12H2,1-2H3;2*1H. The smallest absolute Gasteiger partial charge is 0.113 e. The van der Waals surface area contributed by atoms with Crippen molar-refractivity contribution in [1.29, 1.82) is 0 Å². The van der Waals surface area contributed by atoms with Gasteiger partial charge in [-0.3, -0.25) is 4.68 Å². The van der Waals surface area contributed by atoms with E-state index in [4.69, 9.17) is 4.74 Å². The van der Waals surface area contributed by atoms with Gasteiger partial charge in [0.2, 0.25) is 0 Å². The fourth-order valence-corrected chi connectivity index (χ4v) is 2.62. The SMILES string of the molecule is CN(CCCc1cnn(C)c1)CC1(O)CNCCOC1.Cl.Cl. The Kier molecular flexibility index (Phi) is 10.2. The van der Waals surface area contributed by atoms with Gasteiger partial charge < -0.3 is 20.1 Å². The van der Waals surface area contributed by atoms with Gasteiger partial charge >= 0.3 is 0 Å². The molecule has 8 heteroatoms. The molecular formula is C14H28Cl2N4O2. The monoisotopic (exact) mass is 354 g/mol. The van der Waals surface area contributed by atoms with E-state index in [1.54, 1.807) is 0 Å². The molecule has 0 spiro atoms. The summed E-state index contributed by atoms with van der Waals surface area (Å²) in [5, 5.41) is 17.9. The van der Waals surface area contributed by atoms with E-state index in [-0.39, 0.29) is 24.8 Å². The Morgan fingerprint density at radius 1 is 1.50 bits per heavy atom. The lowest BCUT2D eigenvalue weighted by molar-refractivity contribution is -0.0450. The minimum atomic E-state index is -0.778. The number of ether oxygens (including phenoxy) is 1. The lowest BCUT2D eigenvalue weighted by Crippen LogP contribution is -2.50. The van der Waals surface area contributed by atoms with Crippen LogP contribution in [0.25, 0.3) is 0 Å². The molecule has 1 aliphatic heterocycles. The fraction of sp³-hybridized carbons (Fsp3) is 0.786. The van der Waals surface area contributed by atoms with Crippen molar-refractivity contribution in [1.82, 2.24) is 20.0 Å². The third-order valence-corrected chi connectivity index (χ3v) is 3.58. The summed E-state index contributed by atoms with van der Waals surface area (Å²) in [6, 6.07) is 0. The zero-order chi connectivity index (χ0) is 14.4. The van der Waals surface area contributed by atoms with E-state index in [1.807, 2.05) is 25.0 Å². The predicted octanol–water partition coefficient (Wildman–Crippen LogP) is 0.479. The Morgan fingerprint density at radius 3 is 2.95 bits per heavy atom. The van der Waals surface area contributed by atoms with Crippen molar-refractivity contribution in [2.24, 2.45) is 7.05 Å². The maximum Gasteiger partial charge on any atom is 0.113 e. The molecule has 0 saturated carbocycles. The van der Waals surface area contributed by atoms with Crippen molar-refractivity contribution < 1.29 is 9.84 Å². The predicted molar refractivity (Wildman–Crippen MR) is 92.2 cm³/mol. The molecule has 0 aliphatic carbocycles. The summed E-state index contributed by atoms with van der Waals surface area (Å²) in [7, 11) is 3.98. The Hall–Kier alpha value is -0.370. The van der Waals surface area contributed by atoms with Crippen LogP contribution in [-0.2, 0) is 18.2 Å². The first-order valence-corrected chi connectivity index (χ1v) is 7.24. The summed E-state index contributed by atoms with van der Waals surface area (Å²) in [6.07, 6.45) is 6.05. The van der Waals surface area contributed by atoms with Crippen molar-refractivity contribution in [3.05, 3.63) is 18.0 Å². The second-order valence-corrected chi connectivity index (χ2v) is 5.82. The number of likely N-dealkylation sites (N-methyl/N-ethyl adjacent to an activating group) is 1. The van der Waals surface area contributed by atoms with Crippen LogP contribution in [0.1, 0.15) is 12.0 Å². The van der Waals surface area contributed by atoms with Gasteiger partial charge in [-0.25, -0.2) is 0 Å². The van der Waals surface area contributed by atoms with Gasteiger partial charge in [-0.05, 0) is 32.0 Å². The van der Waals surface area contributed by atoms with Crippen molar-refractivity contribution in [3.8, 4) is 0 Å². The van der Waals surface area contributed by atoms with Gasteiger partial charge in [0.1, 0.15) is 5.60 Å². The molecule has 1 saturated heterocycles. The topological polar surface area (TPSA) is 62.6 Å². The highest BCUT2D eigenvalue weighted by atomic mass is 35.5. The minimum absolute atomic E-state index is 0. The summed E-state index contributed by atoms with van der Waals surface area (Å²) < 4.78 is 7.27. The molecule has 22 heavy (non-hydrogen) atoms. The minimum Gasteiger partial charge on any atom is -0.385 e. The maximum absolute atomic E-state index is 10.5. The lowest BCUT2D eigenvalue weighted by atomic mass is 10.0. The largest absolute Gasteiger partial charge is 0.385 e. The molecule has 1 aromatic rings. The first kappa shape index (κ1) is 21.6. The molecule has 1 fully saturated rings. The van der Waals surface area contributed by atoms with Gasteiger partial charge in [-0.2, -0.15) is 5.10 Å². The van der Waals surface area contributed by atoms with E-state index >= 15 is 0 Å². The molecular weight excluding hydrogens is 327 g/mol. The number of hydrogen-bond donors (Lipinski definition) is 2. The molecule has 0 radical (unpaired) electrons. The van der Waals surface area contributed by atoms with Gasteiger partial charge in [-0.1, -0.05) is 0 Å². The zero-order valence-corrected chi connectivity index (χ0v) is 15.0. The van der Waals surface area contributed by atoms with Crippen molar-refractivity contribution in [2.45, 2.75) is 18.4 Å². The number of halogens is 2. The van der Waals surface area contributed by atoms with Crippen LogP contribution in [0.5, 0.6) is 0 Å². The second kappa shape index (κ2) is 10.4. The van der Waals surface area contributed by atoms with Crippen LogP contribution in [0, 0.1) is 0 Å². The van der Waals surface area contributed by atoms with Gasteiger partial charge in [0, 0.05) is 32.9 Å². The highest BCUT2D eigenvalue weighted by molar-refractivity contribution is 5.85. The number of aromatic nitrogens is 2. The number of aliphatic hydroxyl groups is 1. The van der Waals surface area contributed by atoms with E-state index < -0.39 is 5.60 Å². The van der Waals surface area contributed by atoms with Gasteiger partial charge in [0.05, 0.1) is 19.4 Å². The summed E-state index contributed by atoms with van der Waals surface area (Å²) in [5.74, 6) is 0. The van der Waals surface area contributed by atoms with Crippen LogP contribution in [-0.4, -0.2) is 71.8 Å². The van der Waals surface area contributed by atoms with Gasteiger partial charge in [-0.15, -0.1) is 24.8 Å². The summed E-state index contributed by atoms with van der Waals surface area (Å²) >= 11 is 0. The average molecular weight is 355 g/mol. The third-order valence-electron chi connectivity index (χ3n) is 3.58. The van der Waals surface area contributed by atoms with Crippen LogP contribution in [0.15, 0.2) is 12.4 Å². The average Bonchev–Trinajstić information content (AvgIpc) is 2.67. The molecule has 130 valence electrons. The number of nitrogens with zero attached hydrogens (tertiary/aromatic N) is 3. The molecule has 0 aromatic carbocycles. The highest BCUT2D eigenvalue weighted by Crippen LogP contribution is 2.10. The Bertz CT molecular complexity index is 409. The Balaban J connectivity index is 0.00000220. The maximum atomic E-state index is 10.5. The molecule has 0 amide bonds. The van der Waals surface area contributed by atoms with E-state index in [1.165, 1.54) is 5.56 Å². The van der Waals surface area contributed by atoms with Crippen LogP contribution >= 0.6 is 24.8 Å². The summed E-state index contributed by atoms with van der Waals surface area (Å²) in [6.45, 7) is 4.08. The normalized spacial score (nSPS) is 21.8. The van der Waals surface area contributed by atoms with Gasteiger partial charge in [0.25, 0.3) is 0 Å².